The van der Waals surface area contributed by atoms with E-state index in [0.29, 0.717) is 10.7 Å². The quantitative estimate of drug-likeness (QED) is 0.773. The molecule has 0 aromatic carbocycles. The minimum Gasteiger partial charge on any atom is -0.469 e. The fourth-order valence-corrected chi connectivity index (χ4v) is 1.04. The van der Waals surface area contributed by atoms with Gasteiger partial charge in [0.15, 0.2) is 0 Å². The third-order valence-electron chi connectivity index (χ3n) is 1.68. The van der Waals surface area contributed by atoms with Crippen molar-refractivity contribution in [3.05, 3.63) is 29.0 Å². The van der Waals surface area contributed by atoms with Crippen LogP contribution in [0.4, 0.5) is 0 Å². The molecule has 4 nitrogen and oxygen atoms in total. The summed E-state index contributed by atoms with van der Waals surface area (Å²) in [5, 5.41) is 9.99. The van der Waals surface area contributed by atoms with Gasteiger partial charge in [-0.2, -0.15) is 0 Å². The summed E-state index contributed by atoms with van der Waals surface area (Å²) < 4.78 is 4.41. The molecule has 1 aromatic heterocycles. The minimum atomic E-state index is -0.945. The fraction of sp³-hybridized carbons (Fsp3) is 0.333. The molecule has 1 N–H and O–H groups in total. The number of nitrogens with zero attached hydrogens (tertiary/aromatic N) is 1. The Hall–Kier alpha value is -1.13. The van der Waals surface area contributed by atoms with E-state index in [4.69, 9.17) is 11.6 Å². The van der Waals surface area contributed by atoms with Gasteiger partial charge in [-0.1, -0.05) is 11.6 Å². The van der Waals surface area contributed by atoms with E-state index in [2.05, 4.69) is 9.72 Å². The van der Waals surface area contributed by atoms with Crippen molar-refractivity contribution < 1.29 is 14.6 Å². The van der Waals surface area contributed by atoms with Crippen molar-refractivity contribution in [1.82, 2.24) is 4.98 Å². The smallest absolute Gasteiger partial charge is 0.308 e. The van der Waals surface area contributed by atoms with Gasteiger partial charge in [-0.3, -0.25) is 9.78 Å². The first-order chi connectivity index (χ1) is 6.63. The van der Waals surface area contributed by atoms with E-state index < -0.39 is 12.1 Å². The highest BCUT2D eigenvalue weighted by Crippen LogP contribution is 2.16. The molecule has 76 valence electrons. The summed E-state index contributed by atoms with van der Waals surface area (Å²) in [6.45, 7) is 0. The van der Waals surface area contributed by atoms with Gasteiger partial charge < -0.3 is 9.84 Å². The zero-order valence-corrected chi connectivity index (χ0v) is 8.36. The molecule has 0 bridgehead atoms. The molecule has 1 aromatic rings. The van der Waals surface area contributed by atoms with Gasteiger partial charge in [-0.05, 0) is 12.1 Å². The van der Waals surface area contributed by atoms with Crippen LogP contribution in [0.15, 0.2) is 18.3 Å². The Bertz CT molecular complexity index is 312. The van der Waals surface area contributed by atoms with Gasteiger partial charge in [0.05, 0.1) is 24.2 Å². The van der Waals surface area contributed by atoms with Crippen molar-refractivity contribution in [3.8, 4) is 0 Å². The maximum absolute atomic E-state index is 10.8. The van der Waals surface area contributed by atoms with Gasteiger partial charge in [-0.15, -0.1) is 0 Å². The van der Waals surface area contributed by atoms with Crippen LogP contribution in [0.5, 0.6) is 0 Å². The van der Waals surface area contributed by atoms with Crippen molar-refractivity contribution in [1.29, 1.82) is 0 Å². The first-order valence-corrected chi connectivity index (χ1v) is 4.37. The molecule has 0 aliphatic carbocycles. The Morgan fingerprint density at radius 1 is 1.71 bits per heavy atom. The van der Waals surface area contributed by atoms with Crippen LogP contribution in [-0.2, 0) is 9.53 Å². The molecule has 0 amide bonds. The Balaban J connectivity index is 2.65. The molecule has 14 heavy (non-hydrogen) atoms. The number of methoxy groups -OCH3 is 1. The highest BCUT2D eigenvalue weighted by molar-refractivity contribution is 6.30. The standard InChI is InChI=1S/C9H10ClNO3/c1-14-9(13)4-8(12)7-3-2-6(10)5-11-7/h2-3,5,8,12H,4H2,1H3. The molecule has 0 saturated heterocycles. The summed E-state index contributed by atoms with van der Waals surface area (Å²) in [7, 11) is 1.27. The Morgan fingerprint density at radius 3 is 2.93 bits per heavy atom. The highest BCUT2D eigenvalue weighted by atomic mass is 35.5. The van der Waals surface area contributed by atoms with Gasteiger partial charge in [0, 0.05) is 6.20 Å². The number of halogens is 1. The lowest BCUT2D eigenvalue weighted by Crippen LogP contribution is -2.09. The van der Waals surface area contributed by atoms with Crippen molar-refractivity contribution in [2.75, 3.05) is 7.11 Å². The molecular formula is C9H10ClNO3. The van der Waals surface area contributed by atoms with Crippen LogP contribution in [-0.4, -0.2) is 23.2 Å². The molecule has 0 saturated carbocycles. The Kier molecular flexibility index (Phi) is 3.85. The largest absolute Gasteiger partial charge is 0.469 e. The van der Waals surface area contributed by atoms with Crippen molar-refractivity contribution in [2.24, 2.45) is 0 Å². The van der Waals surface area contributed by atoms with Gasteiger partial charge in [-0.25, -0.2) is 0 Å². The second kappa shape index (κ2) is 4.93. The second-order valence-corrected chi connectivity index (χ2v) is 3.13. The lowest BCUT2D eigenvalue weighted by Gasteiger charge is -2.07. The van der Waals surface area contributed by atoms with Gasteiger partial charge in [0.1, 0.15) is 6.10 Å². The number of esters is 1. The predicted molar refractivity (Wildman–Crippen MR) is 50.8 cm³/mol. The number of hydrogen-bond donors (Lipinski definition) is 1. The summed E-state index contributed by atoms with van der Waals surface area (Å²) >= 11 is 5.61. The number of carbonyl (C=O) groups excluding carboxylic acids is 1. The molecule has 1 atom stereocenters. The summed E-state index contributed by atoms with van der Waals surface area (Å²) in [5.74, 6) is -0.478. The average molecular weight is 216 g/mol. The molecular weight excluding hydrogens is 206 g/mol. The summed E-state index contributed by atoms with van der Waals surface area (Å²) in [6, 6.07) is 3.17. The average Bonchev–Trinajstić information content (AvgIpc) is 2.18. The van der Waals surface area contributed by atoms with Crippen LogP contribution in [0.3, 0.4) is 0 Å². The number of carbonyl (C=O) groups is 1. The molecule has 0 radical (unpaired) electrons. The number of aliphatic hydroxyl groups is 1. The fourth-order valence-electron chi connectivity index (χ4n) is 0.930. The zero-order chi connectivity index (χ0) is 10.6. The lowest BCUT2D eigenvalue weighted by molar-refractivity contribution is -0.142. The summed E-state index contributed by atoms with van der Waals surface area (Å²) in [5.41, 5.74) is 0.403. The first kappa shape index (κ1) is 10.9. The van der Waals surface area contributed by atoms with Gasteiger partial charge >= 0.3 is 5.97 Å². The zero-order valence-electron chi connectivity index (χ0n) is 7.61. The van der Waals surface area contributed by atoms with E-state index in [9.17, 15) is 9.90 Å². The monoisotopic (exact) mass is 215 g/mol. The van der Waals surface area contributed by atoms with Crippen molar-refractivity contribution in [2.45, 2.75) is 12.5 Å². The third-order valence-corrected chi connectivity index (χ3v) is 1.90. The number of aromatic nitrogens is 1. The molecule has 5 heteroatoms. The number of ether oxygens (including phenoxy) is 1. The van der Waals surface area contributed by atoms with Crippen LogP contribution in [0.1, 0.15) is 18.2 Å². The summed E-state index contributed by atoms with van der Waals surface area (Å²) in [6.07, 6.45) is 0.363. The van der Waals surface area contributed by atoms with Crippen LogP contribution >= 0.6 is 11.6 Å². The van der Waals surface area contributed by atoms with Crippen molar-refractivity contribution in [3.63, 3.8) is 0 Å². The number of pyridine rings is 1. The van der Waals surface area contributed by atoms with E-state index in [1.807, 2.05) is 0 Å². The number of rotatable bonds is 3. The Morgan fingerprint density at radius 2 is 2.43 bits per heavy atom. The lowest BCUT2D eigenvalue weighted by atomic mass is 10.2. The molecule has 1 unspecified atom stereocenters. The molecule has 1 rings (SSSR count). The van der Waals surface area contributed by atoms with E-state index in [1.54, 1.807) is 12.1 Å². The first-order valence-electron chi connectivity index (χ1n) is 4.00. The number of hydrogen-bond acceptors (Lipinski definition) is 4. The molecule has 0 spiro atoms. The maximum atomic E-state index is 10.8. The SMILES string of the molecule is COC(=O)CC(O)c1ccc(Cl)cn1. The Labute approximate surface area is 86.5 Å². The third kappa shape index (κ3) is 2.97. The molecule has 1 heterocycles. The van der Waals surface area contributed by atoms with Crippen LogP contribution in [0.2, 0.25) is 5.02 Å². The van der Waals surface area contributed by atoms with Gasteiger partial charge in [0.25, 0.3) is 0 Å². The van der Waals surface area contributed by atoms with Crippen LogP contribution < -0.4 is 0 Å². The normalized spacial score (nSPS) is 12.2. The van der Waals surface area contributed by atoms with E-state index >= 15 is 0 Å². The van der Waals surface area contributed by atoms with Crippen LogP contribution in [0, 0.1) is 0 Å². The van der Waals surface area contributed by atoms with E-state index in [0.717, 1.165) is 0 Å². The minimum absolute atomic E-state index is 0.106. The number of aliphatic hydroxyl groups excluding tert-OH is 1. The van der Waals surface area contributed by atoms with Crippen LogP contribution in [0.25, 0.3) is 0 Å². The second-order valence-electron chi connectivity index (χ2n) is 2.70. The molecule has 0 aliphatic rings. The van der Waals surface area contributed by atoms with Gasteiger partial charge in [0.2, 0.25) is 0 Å². The molecule has 0 fully saturated rings. The maximum Gasteiger partial charge on any atom is 0.308 e. The topological polar surface area (TPSA) is 59.4 Å². The summed E-state index contributed by atoms with van der Waals surface area (Å²) in [4.78, 5) is 14.7. The van der Waals surface area contributed by atoms with E-state index in [1.165, 1.54) is 13.3 Å². The predicted octanol–water partition coefficient (Wildman–Crippen LogP) is 1.33. The van der Waals surface area contributed by atoms with Crippen molar-refractivity contribution >= 4 is 17.6 Å². The van der Waals surface area contributed by atoms with E-state index in [-0.39, 0.29) is 6.42 Å². The highest BCUT2D eigenvalue weighted by Gasteiger charge is 2.13. The molecule has 0 aliphatic heterocycles.